The first-order chi connectivity index (χ1) is 13.5. The Morgan fingerprint density at radius 1 is 0.821 bits per heavy atom. The second kappa shape index (κ2) is 9.32. The molecule has 2 amide bonds. The van der Waals surface area contributed by atoms with E-state index in [9.17, 15) is 9.59 Å². The Morgan fingerprint density at radius 2 is 1.43 bits per heavy atom. The summed E-state index contributed by atoms with van der Waals surface area (Å²) in [6.45, 7) is 1.92. The third-order valence-electron chi connectivity index (χ3n) is 4.07. The Kier molecular flexibility index (Phi) is 6.60. The third kappa shape index (κ3) is 5.29. The summed E-state index contributed by atoms with van der Waals surface area (Å²) < 4.78 is 1.08. The largest absolute Gasteiger partial charge is 0.322 e. The van der Waals surface area contributed by atoms with Crippen molar-refractivity contribution in [3.8, 4) is 0 Å². The van der Waals surface area contributed by atoms with Gasteiger partial charge in [0.05, 0.1) is 0 Å². The maximum Gasteiger partial charge on any atom is 0.261 e. The maximum absolute atomic E-state index is 12.9. The minimum absolute atomic E-state index is 0.0352. The maximum atomic E-state index is 12.9. The molecule has 2 N–H and O–H groups in total. The van der Waals surface area contributed by atoms with E-state index >= 15 is 0 Å². The number of aryl methyl sites for hydroxylation is 1. The lowest BCUT2D eigenvalue weighted by Crippen LogP contribution is -2.25. The first kappa shape index (κ1) is 19.8. The zero-order valence-electron chi connectivity index (χ0n) is 15.3. The van der Waals surface area contributed by atoms with Gasteiger partial charge in [0, 0.05) is 14.9 Å². The van der Waals surface area contributed by atoms with Crippen molar-refractivity contribution in [1.82, 2.24) is 0 Å². The van der Waals surface area contributed by atoms with Crippen molar-refractivity contribution in [2.75, 3.05) is 10.6 Å². The summed E-state index contributed by atoms with van der Waals surface area (Å²) in [4.78, 5) is 25.8. The molecule has 0 aliphatic heterocycles. The highest BCUT2D eigenvalue weighted by Gasteiger charge is 2.19. The highest BCUT2D eigenvalue weighted by atomic mass is 127. The molecule has 140 valence electrons. The summed E-state index contributed by atoms with van der Waals surface area (Å²) in [6.07, 6.45) is 1.59. The molecule has 0 saturated heterocycles. The zero-order chi connectivity index (χ0) is 19.9. The summed E-state index contributed by atoms with van der Waals surface area (Å²) in [7, 11) is 0. The minimum Gasteiger partial charge on any atom is -0.322 e. The summed E-state index contributed by atoms with van der Waals surface area (Å²) in [5.41, 5.74) is 3.05. The van der Waals surface area contributed by atoms with Gasteiger partial charge in [0.1, 0.15) is 5.57 Å². The second-order valence-corrected chi connectivity index (χ2v) is 7.45. The molecule has 0 aliphatic carbocycles. The van der Waals surface area contributed by atoms with Gasteiger partial charge in [-0.1, -0.05) is 48.5 Å². The van der Waals surface area contributed by atoms with Crippen LogP contribution in [0.2, 0.25) is 0 Å². The van der Waals surface area contributed by atoms with Crippen molar-refractivity contribution in [3.05, 3.63) is 99.1 Å². The van der Waals surface area contributed by atoms with Gasteiger partial charge in [-0.25, -0.2) is 0 Å². The number of amides is 2. The molecule has 0 aliphatic rings. The number of hydrogen-bond donors (Lipinski definition) is 2. The van der Waals surface area contributed by atoms with Crippen molar-refractivity contribution in [2.45, 2.75) is 6.92 Å². The van der Waals surface area contributed by atoms with Crippen molar-refractivity contribution in [1.29, 1.82) is 0 Å². The van der Waals surface area contributed by atoms with Gasteiger partial charge >= 0.3 is 0 Å². The van der Waals surface area contributed by atoms with E-state index in [1.54, 1.807) is 18.2 Å². The Labute approximate surface area is 177 Å². The average molecular weight is 482 g/mol. The van der Waals surface area contributed by atoms with Crippen LogP contribution < -0.4 is 10.6 Å². The van der Waals surface area contributed by atoms with E-state index in [0.717, 1.165) is 14.7 Å². The number of para-hydroxylation sites is 1. The Balaban J connectivity index is 1.90. The van der Waals surface area contributed by atoms with Crippen molar-refractivity contribution >= 4 is 51.9 Å². The quantitative estimate of drug-likeness (QED) is 0.226. The molecule has 0 saturated carbocycles. The normalized spacial score (nSPS) is 11.0. The summed E-state index contributed by atoms with van der Waals surface area (Å²) >= 11 is 2.22. The molecular weight excluding hydrogens is 463 g/mol. The molecule has 4 nitrogen and oxygen atoms in total. The molecular formula is C23H19IN2O2. The van der Waals surface area contributed by atoms with E-state index in [-0.39, 0.29) is 5.57 Å². The van der Waals surface area contributed by atoms with Crippen LogP contribution >= 0.6 is 22.6 Å². The zero-order valence-corrected chi connectivity index (χ0v) is 17.4. The van der Waals surface area contributed by atoms with Crippen LogP contribution in [0, 0.1) is 10.5 Å². The molecule has 0 bridgehead atoms. The number of anilines is 2. The van der Waals surface area contributed by atoms with Crippen LogP contribution in [0.4, 0.5) is 11.4 Å². The fourth-order valence-electron chi connectivity index (χ4n) is 2.63. The number of nitrogens with one attached hydrogen (secondary N) is 2. The van der Waals surface area contributed by atoms with Crippen LogP contribution in [0.1, 0.15) is 11.1 Å². The first-order valence-electron chi connectivity index (χ1n) is 8.73. The van der Waals surface area contributed by atoms with Gasteiger partial charge in [0.15, 0.2) is 0 Å². The predicted molar refractivity (Wildman–Crippen MR) is 122 cm³/mol. The lowest BCUT2D eigenvalue weighted by molar-refractivity contribution is -0.118. The average Bonchev–Trinajstić information content (AvgIpc) is 2.69. The van der Waals surface area contributed by atoms with E-state index in [1.807, 2.05) is 73.7 Å². The number of halogens is 1. The highest BCUT2D eigenvalue weighted by molar-refractivity contribution is 14.1. The molecule has 3 aromatic carbocycles. The standard InChI is InChI=1S/C23H19IN2O2/c1-16-14-18(24)12-13-21(16)26-23(28)20(15-17-8-4-2-5-9-17)22(27)25-19-10-6-3-7-11-19/h2-15H,1H3,(H,25,27)(H,26,28)/b20-15-. The van der Waals surface area contributed by atoms with Crippen LogP contribution in [0.25, 0.3) is 6.08 Å². The summed E-state index contributed by atoms with van der Waals surface area (Å²) in [5.74, 6) is -0.919. The van der Waals surface area contributed by atoms with Gasteiger partial charge in [-0.2, -0.15) is 0 Å². The molecule has 0 fully saturated rings. The number of benzene rings is 3. The van der Waals surface area contributed by atoms with Gasteiger partial charge in [-0.05, 0) is 77.0 Å². The third-order valence-corrected chi connectivity index (χ3v) is 4.74. The van der Waals surface area contributed by atoms with Gasteiger partial charge in [-0.3, -0.25) is 9.59 Å². The van der Waals surface area contributed by atoms with Crippen LogP contribution in [0.3, 0.4) is 0 Å². The fourth-order valence-corrected chi connectivity index (χ4v) is 3.27. The fraction of sp³-hybridized carbons (Fsp3) is 0.0435. The van der Waals surface area contributed by atoms with Crippen LogP contribution in [0.5, 0.6) is 0 Å². The van der Waals surface area contributed by atoms with Crippen LogP contribution in [-0.2, 0) is 9.59 Å². The predicted octanol–water partition coefficient (Wildman–Crippen LogP) is 5.26. The lowest BCUT2D eigenvalue weighted by Gasteiger charge is -2.12. The van der Waals surface area contributed by atoms with Crippen molar-refractivity contribution in [2.24, 2.45) is 0 Å². The number of hydrogen-bond acceptors (Lipinski definition) is 2. The first-order valence-corrected chi connectivity index (χ1v) is 9.81. The lowest BCUT2D eigenvalue weighted by atomic mass is 10.1. The highest BCUT2D eigenvalue weighted by Crippen LogP contribution is 2.19. The van der Waals surface area contributed by atoms with Crippen molar-refractivity contribution < 1.29 is 9.59 Å². The molecule has 0 unspecified atom stereocenters. The van der Waals surface area contributed by atoms with E-state index in [4.69, 9.17) is 0 Å². The smallest absolute Gasteiger partial charge is 0.261 e. The summed E-state index contributed by atoms with van der Waals surface area (Å²) in [5, 5.41) is 5.64. The summed E-state index contributed by atoms with van der Waals surface area (Å²) in [6, 6.07) is 24.1. The van der Waals surface area contributed by atoms with Gasteiger partial charge < -0.3 is 10.6 Å². The van der Waals surface area contributed by atoms with Gasteiger partial charge in [-0.15, -0.1) is 0 Å². The van der Waals surface area contributed by atoms with Crippen LogP contribution in [-0.4, -0.2) is 11.8 Å². The van der Waals surface area contributed by atoms with Crippen LogP contribution in [0.15, 0.2) is 84.4 Å². The topological polar surface area (TPSA) is 58.2 Å². The number of carbonyl (C=O) groups is 2. The Morgan fingerprint density at radius 3 is 2.07 bits per heavy atom. The molecule has 5 heteroatoms. The molecule has 3 rings (SSSR count). The number of carbonyl (C=O) groups excluding carboxylic acids is 2. The minimum atomic E-state index is -0.462. The molecule has 0 heterocycles. The van der Waals surface area contributed by atoms with E-state index < -0.39 is 11.8 Å². The van der Waals surface area contributed by atoms with E-state index in [2.05, 4.69) is 33.2 Å². The number of rotatable bonds is 5. The Bertz CT molecular complexity index is 1020. The molecule has 3 aromatic rings. The van der Waals surface area contributed by atoms with Crippen molar-refractivity contribution in [3.63, 3.8) is 0 Å². The monoisotopic (exact) mass is 482 g/mol. The van der Waals surface area contributed by atoms with E-state index in [0.29, 0.717) is 11.4 Å². The molecule has 0 spiro atoms. The molecule has 0 aromatic heterocycles. The molecule has 28 heavy (non-hydrogen) atoms. The SMILES string of the molecule is Cc1cc(I)ccc1NC(=O)/C(=C\c1ccccc1)C(=O)Nc1ccccc1. The second-order valence-electron chi connectivity index (χ2n) is 6.20. The van der Waals surface area contributed by atoms with E-state index in [1.165, 1.54) is 0 Å². The van der Waals surface area contributed by atoms with Gasteiger partial charge in [0.25, 0.3) is 11.8 Å². The molecule has 0 radical (unpaired) electrons. The Hall–Kier alpha value is -2.93. The molecule has 0 atom stereocenters. The van der Waals surface area contributed by atoms with Gasteiger partial charge in [0.2, 0.25) is 0 Å².